The summed E-state index contributed by atoms with van der Waals surface area (Å²) >= 11 is 0. The largest absolute Gasteiger partial charge is 0.460 e. The second-order valence-electron chi connectivity index (χ2n) is 7.04. The number of benzene rings is 1. The Morgan fingerprint density at radius 2 is 1.78 bits per heavy atom. The van der Waals surface area contributed by atoms with Gasteiger partial charge >= 0.3 is 12.1 Å². The molecule has 2 amide bonds. The molecular formula is C20H28N2O5. The molecule has 2 N–H and O–H groups in total. The molecule has 1 aromatic rings. The van der Waals surface area contributed by atoms with Crippen molar-refractivity contribution in [2.45, 2.75) is 51.8 Å². The van der Waals surface area contributed by atoms with Gasteiger partial charge in [0.2, 0.25) is 5.91 Å². The molecule has 0 saturated carbocycles. The first-order valence-electron chi connectivity index (χ1n) is 8.73. The van der Waals surface area contributed by atoms with Crippen molar-refractivity contribution in [3.05, 3.63) is 48.6 Å². The van der Waals surface area contributed by atoms with E-state index in [9.17, 15) is 14.4 Å². The van der Waals surface area contributed by atoms with E-state index in [1.165, 1.54) is 13.0 Å². The van der Waals surface area contributed by atoms with Crippen LogP contribution in [0.3, 0.4) is 0 Å². The van der Waals surface area contributed by atoms with Gasteiger partial charge < -0.3 is 20.1 Å². The average Bonchev–Trinajstić information content (AvgIpc) is 2.58. The minimum atomic E-state index is -0.906. The highest BCUT2D eigenvalue weighted by Crippen LogP contribution is 2.09. The van der Waals surface area contributed by atoms with Crippen molar-refractivity contribution in [2.24, 2.45) is 0 Å². The Bertz CT molecular complexity index is 652. The van der Waals surface area contributed by atoms with Crippen molar-refractivity contribution < 1.29 is 23.9 Å². The Kier molecular flexibility index (Phi) is 8.51. The summed E-state index contributed by atoms with van der Waals surface area (Å²) in [6.45, 7) is 10.2. The highest BCUT2D eigenvalue weighted by molar-refractivity contribution is 5.89. The quantitative estimate of drug-likeness (QED) is 0.537. The smallest absolute Gasteiger partial charge is 0.408 e. The second-order valence-corrected chi connectivity index (χ2v) is 7.04. The van der Waals surface area contributed by atoms with E-state index in [-0.39, 0.29) is 13.0 Å². The predicted octanol–water partition coefficient (Wildman–Crippen LogP) is 2.36. The van der Waals surface area contributed by atoms with E-state index < -0.39 is 35.7 Å². The molecule has 0 unspecified atom stereocenters. The van der Waals surface area contributed by atoms with Crippen molar-refractivity contribution >= 4 is 18.0 Å². The molecule has 1 rings (SSSR count). The molecule has 7 nitrogen and oxygen atoms in total. The maximum absolute atomic E-state index is 12.6. The number of ether oxygens (including phenoxy) is 2. The van der Waals surface area contributed by atoms with Crippen molar-refractivity contribution in [1.82, 2.24) is 10.6 Å². The van der Waals surface area contributed by atoms with E-state index >= 15 is 0 Å². The van der Waals surface area contributed by atoms with Crippen LogP contribution in [-0.2, 0) is 25.5 Å². The molecule has 0 aliphatic rings. The maximum Gasteiger partial charge on any atom is 0.408 e. The SMILES string of the molecule is C=CCOC(=O)[C@H](C)NC(=O)[C@H](Cc1ccccc1)NC(=O)OC(C)(C)C. The molecule has 0 saturated heterocycles. The van der Waals surface area contributed by atoms with Gasteiger partial charge in [-0.3, -0.25) is 4.79 Å². The molecule has 148 valence electrons. The van der Waals surface area contributed by atoms with Crippen LogP contribution in [0.25, 0.3) is 0 Å². The van der Waals surface area contributed by atoms with Gasteiger partial charge in [0.25, 0.3) is 0 Å². The van der Waals surface area contributed by atoms with E-state index in [1.54, 1.807) is 20.8 Å². The summed E-state index contributed by atoms with van der Waals surface area (Å²) in [5, 5.41) is 5.13. The Labute approximate surface area is 160 Å². The molecule has 0 aliphatic heterocycles. The van der Waals surface area contributed by atoms with Gasteiger partial charge in [-0.15, -0.1) is 0 Å². The van der Waals surface area contributed by atoms with Gasteiger partial charge in [-0.1, -0.05) is 43.0 Å². The standard InChI is InChI=1S/C20H28N2O5/c1-6-12-26-18(24)14(2)21-17(23)16(13-15-10-8-7-9-11-15)22-19(25)27-20(3,4)5/h6-11,14,16H,1,12-13H2,2-5H3,(H,21,23)(H,22,25)/t14-,16-/m0/s1. The molecule has 0 bridgehead atoms. The van der Waals surface area contributed by atoms with Gasteiger partial charge in [-0.25, -0.2) is 9.59 Å². The number of carbonyl (C=O) groups excluding carboxylic acids is 3. The first-order valence-corrected chi connectivity index (χ1v) is 8.73. The number of carbonyl (C=O) groups is 3. The van der Waals surface area contributed by atoms with Gasteiger partial charge in [0.1, 0.15) is 24.3 Å². The lowest BCUT2D eigenvalue weighted by Gasteiger charge is -2.24. The van der Waals surface area contributed by atoms with Crippen molar-refractivity contribution in [1.29, 1.82) is 0 Å². The third-order valence-electron chi connectivity index (χ3n) is 3.35. The summed E-state index contributed by atoms with van der Waals surface area (Å²) in [6.07, 6.45) is 0.982. The molecule has 7 heteroatoms. The third kappa shape index (κ3) is 8.89. The number of amides is 2. The van der Waals surface area contributed by atoms with Crippen LogP contribution in [0.2, 0.25) is 0 Å². The molecule has 0 aliphatic carbocycles. The van der Waals surface area contributed by atoms with Crippen LogP contribution in [0.5, 0.6) is 0 Å². The fourth-order valence-electron chi connectivity index (χ4n) is 2.15. The molecule has 2 atom stereocenters. The highest BCUT2D eigenvalue weighted by atomic mass is 16.6. The molecular weight excluding hydrogens is 348 g/mol. The molecule has 0 fully saturated rings. The van der Waals surface area contributed by atoms with E-state index in [1.807, 2.05) is 30.3 Å². The zero-order valence-corrected chi connectivity index (χ0v) is 16.3. The minimum absolute atomic E-state index is 0.0582. The molecule has 0 spiro atoms. The van der Waals surface area contributed by atoms with Gasteiger partial charge in [0.05, 0.1) is 0 Å². The highest BCUT2D eigenvalue weighted by Gasteiger charge is 2.27. The summed E-state index contributed by atoms with van der Waals surface area (Å²) in [7, 11) is 0. The fourth-order valence-corrected chi connectivity index (χ4v) is 2.15. The predicted molar refractivity (Wildman–Crippen MR) is 102 cm³/mol. The number of rotatable bonds is 8. The first-order chi connectivity index (χ1) is 12.6. The monoisotopic (exact) mass is 376 g/mol. The van der Waals surface area contributed by atoms with E-state index in [0.717, 1.165) is 5.56 Å². The maximum atomic E-state index is 12.6. The minimum Gasteiger partial charge on any atom is -0.460 e. The number of esters is 1. The summed E-state index contributed by atoms with van der Waals surface area (Å²) in [4.78, 5) is 36.6. The Morgan fingerprint density at radius 1 is 1.15 bits per heavy atom. The van der Waals surface area contributed by atoms with E-state index in [2.05, 4.69) is 17.2 Å². The van der Waals surface area contributed by atoms with Gasteiger partial charge in [0, 0.05) is 6.42 Å². The Hall–Kier alpha value is -2.83. The van der Waals surface area contributed by atoms with Crippen LogP contribution in [0.1, 0.15) is 33.3 Å². The van der Waals surface area contributed by atoms with Crippen LogP contribution in [0, 0.1) is 0 Å². The van der Waals surface area contributed by atoms with Crippen LogP contribution < -0.4 is 10.6 Å². The number of alkyl carbamates (subject to hydrolysis) is 1. The van der Waals surface area contributed by atoms with Crippen molar-refractivity contribution in [2.75, 3.05) is 6.61 Å². The van der Waals surface area contributed by atoms with Gasteiger partial charge in [-0.05, 0) is 33.3 Å². The second kappa shape index (κ2) is 10.4. The Morgan fingerprint density at radius 3 is 2.33 bits per heavy atom. The first kappa shape index (κ1) is 22.2. The van der Waals surface area contributed by atoms with Crippen molar-refractivity contribution in [3.63, 3.8) is 0 Å². The molecule has 0 radical (unpaired) electrons. The van der Waals surface area contributed by atoms with Crippen LogP contribution >= 0.6 is 0 Å². The average molecular weight is 376 g/mol. The van der Waals surface area contributed by atoms with Crippen molar-refractivity contribution in [3.8, 4) is 0 Å². The lowest BCUT2D eigenvalue weighted by Crippen LogP contribution is -2.52. The number of nitrogens with one attached hydrogen (secondary N) is 2. The topological polar surface area (TPSA) is 93.7 Å². The summed E-state index contributed by atoms with van der Waals surface area (Å²) < 4.78 is 10.1. The third-order valence-corrected chi connectivity index (χ3v) is 3.35. The van der Waals surface area contributed by atoms with Crippen LogP contribution in [-0.4, -0.2) is 42.3 Å². The molecule has 27 heavy (non-hydrogen) atoms. The number of hydrogen-bond acceptors (Lipinski definition) is 5. The van der Waals surface area contributed by atoms with Crippen LogP contribution in [0.4, 0.5) is 4.79 Å². The summed E-state index contributed by atoms with van der Waals surface area (Å²) in [5.41, 5.74) is 0.162. The normalized spacial score (nSPS) is 13.0. The summed E-state index contributed by atoms with van der Waals surface area (Å²) in [5.74, 6) is -1.09. The van der Waals surface area contributed by atoms with Gasteiger partial charge in [-0.2, -0.15) is 0 Å². The molecule has 0 aromatic heterocycles. The lowest BCUT2D eigenvalue weighted by atomic mass is 10.1. The molecule has 0 heterocycles. The fraction of sp³-hybridized carbons (Fsp3) is 0.450. The van der Waals surface area contributed by atoms with Crippen LogP contribution in [0.15, 0.2) is 43.0 Å². The summed E-state index contributed by atoms with van der Waals surface area (Å²) in [6, 6.07) is 7.46. The lowest BCUT2D eigenvalue weighted by molar-refractivity contribution is -0.146. The Balaban J connectivity index is 2.82. The van der Waals surface area contributed by atoms with Gasteiger partial charge in [0.15, 0.2) is 0 Å². The number of hydrogen-bond donors (Lipinski definition) is 2. The zero-order chi connectivity index (χ0) is 20.4. The van der Waals surface area contributed by atoms with E-state index in [4.69, 9.17) is 9.47 Å². The zero-order valence-electron chi connectivity index (χ0n) is 16.3. The van der Waals surface area contributed by atoms with E-state index in [0.29, 0.717) is 0 Å². The molecule has 1 aromatic carbocycles.